The molecular weight excluding hydrogens is 370 g/mol. The maximum absolute atomic E-state index is 13.0. The summed E-state index contributed by atoms with van der Waals surface area (Å²) in [5.74, 6) is -0.217. The minimum atomic E-state index is -0.788. The van der Waals surface area contributed by atoms with Crippen LogP contribution < -0.4 is 0 Å². The molecule has 0 spiro atoms. The molecule has 1 amide bonds. The molecule has 2 atom stereocenters. The number of nitrogens with zero attached hydrogens (tertiary/aromatic N) is 5. The molecule has 0 aromatic carbocycles. The molecule has 2 fully saturated rings. The van der Waals surface area contributed by atoms with Crippen LogP contribution in [0.15, 0.2) is 6.07 Å². The number of carboxylic acids is 1. The van der Waals surface area contributed by atoms with Crippen molar-refractivity contribution < 1.29 is 14.7 Å². The number of hydrogen-bond acceptors (Lipinski definition) is 5. The summed E-state index contributed by atoms with van der Waals surface area (Å²) in [6.45, 7) is 8.48. The van der Waals surface area contributed by atoms with Crippen LogP contribution in [-0.2, 0) is 16.0 Å². The summed E-state index contributed by atoms with van der Waals surface area (Å²) < 4.78 is 1.69. The maximum Gasteiger partial charge on any atom is 0.308 e. The highest BCUT2D eigenvalue weighted by Crippen LogP contribution is 2.44. The van der Waals surface area contributed by atoms with E-state index in [1.807, 2.05) is 33.8 Å². The minimum absolute atomic E-state index is 0.0357. The van der Waals surface area contributed by atoms with Gasteiger partial charge in [0.1, 0.15) is 0 Å². The van der Waals surface area contributed by atoms with Gasteiger partial charge in [0.25, 0.3) is 5.95 Å². The average Bonchev–Trinajstić information content (AvgIpc) is 3.33. The van der Waals surface area contributed by atoms with Crippen LogP contribution in [0.3, 0.4) is 0 Å². The van der Waals surface area contributed by atoms with Crippen molar-refractivity contribution in [2.45, 2.75) is 47.0 Å². The molecule has 0 unspecified atom stereocenters. The van der Waals surface area contributed by atoms with Crippen molar-refractivity contribution in [1.82, 2.24) is 24.6 Å². The number of carbonyl (C=O) groups excluding carboxylic acids is 1. The lowest BCUT2D eigenvalue weighted by molar-refractivity contribution is -0.142. The van der Waals surface area contributed by atoms with E-state index in [0.29, 0.717) is 25.0 Å². The molecule has 29 heavy (non-hydrogen) atoms. The fourth-order valence-corrected chi connectivity index (χ4v) is 4.49. The lowest BCUT2D eigenvalue weighted by Crippen LogP contribution is -2.31. The molecule has 0 radical (unpaired) electrons. The van der Waals surface area contributed by atoms with E-state index in [1.54, 1.807) is 9.58 Å². The van der Waals surface area contributed by atoms with Gasteiger partial charge in [0.15, 0.2) is 0 Å². The summed E-state index contributed by atoms with van der Waals surface area (Å²) >= 11 is 0. The van der Waals surface area contributed by atoms with E-state index in [0.717, 1.165) is 41.2 Å². The van der Waals surface area contributed by atoms with E-state index in [9.17, 15) is 14.7 Å². The van der Waals surface area contributed by atoms with Crippen LogP contribution >= 0.6 is 0 Å². The quantitative estimate of drug-likeness (QED) is 0.828. The Labute approximate surface area is 170 Å². The van der Waals surface area contributed by atoms with Gasteiger partial charge in [0.2, 0.25) is 5.91 Å². The number of amides is 1. The molecule has 2 aromatic heterocycles. The fraction of sp³-hybridized carbons (Fsp3) is 0.571. The SMILES string of the molecule is Cc1cc(C)nc(-n2nc(C)c(CC(=O)N3C[C@H](C(=O)O)[C@@H](C4CC4)C3)c2C)n1. The summed E-state index contributed by atoms with van der Waals surface area (Å²) in [6, 6.07) is 1.90. The monoisotopic (exact) mass is 397 g/mol. The van der Waals surface area contributed by atoms with Gasteiger partial charge in [-0.25, -0.2) is 14.6 Å². The second-order valence-electron chi connectivity index (χ2n) is 8.43. The zero-order valence-corrected chi connectivity index (χ0v) is 17.3. The third-order valence-electron chi connectivity index (χ3n) is 6.19. The van der Waals surface area contributed by atoms with Gasteiger partial charge in [-0.3, -0.25) is 9.59 Å². The number of rotatable bonds is 5. The molecule has 2 aromatic rings. The first-order valence-corrected chi connectivity index (χ1v) is 10.1. The third-order valence-corrected chi connectivity index (χ3v) is 6.19. The Morgan fingerprint density at radius 3 is 2.34 bits per heavy atom. The topological polar surface area (TPSA) is 101 Å². The molecule has 8 nitrogen and oxygen atoms in total. The van der Waals surface area contributed by atoms with E-state index in [2.05, 4.69) is 15.1 Å². The summed E-state index contributed by atoms with van der Waals surface area (Å²) in [6.07, 6.45) is 2.38. The van der Waals surface area contributed by atoms with Gasteiger partial charge in [-0.15, -0.1) is 0 Å². The lowest BCUT2D eigenvalue weighted by Gasteiger charge is -2.16. The Kier molecular flexibility index (Phi) is 4.88. The number of hydrogen-bond donors (Lipinski definition) is 1. The van der Waals surface area contributed by atoms with E-state index in [1.165, 1.54) is 0 Å². The fourth-order valence-electron chi connectivity index (χ4n) is 4.49. The first-order valence-electron chi connectivity index (χ1n) is 10.1. The van der Waals surface area contributed by atoms with Crippen molar-refractivity contribution in [3.8, 4) is 5.95 Å². The number of aliphatic carboxylic acids is 1. The van der Waals surface area contributed by atoms with E-state index >= 15 is 0 Å². The van der Waals surface area contributed by atoms with Crippen molar-refractivity contribution >= 4 is 11.9 Å². The van der Waals surface area contributed by atoms with Crippen LogP contribution in [0, 0.1) is 45.4 Å². The molecular formula is C21H27N5O3. The summed E-state index contributed by atoms with van der Waals surface area (Å²) in [7, 11) is 0. The summed E-state index contributed by atoms with van der Waals surface area (Å²) in [4.78, 5) is 35.3. The Hall–Kier alpha value is -2.77. The molecule has 154 valence electrons. The zero-order chi connectivity index (χ0) is 20.9. The van der Waals surface area contributed by atoms with Gasteiger partial charge < -0.3 is 10.0 Å². The third kappa shape index (κ3) is 3.75. The van der Waals surface area contributed by atoms with E-state index in [-0.39, 0.29) is 18.2 Å². The summed E-state index contributed by atoms with van der Waals surface area (Å²) in [5.41, 5.74) is 4.19. The van der Waals surface area contributed by atoms with Crippen LogP contribution in [0.5, 0.6) is 0 Å². The van der Waals surface area contributed by atoms with E-state index in [4.69, 9.17) is 0 Å². The first kappa shape index (κ1) is 19.5. The Morgan fingerprint density at radius 1 is 1.10 bits per heavy atom. The maximum atomic E-state index is 13.0. The largest absolute Gasteiger partial charge is 0.481 e. The highest BCUT2D eigenvalue weighted by Gasteiger charge is 2.46. The van der Waals surface area contributed by atoms with Crippen molar-refractivity contribution in [2.24, 2.45) is 17.8 Å². The number of aromatic nitrogens is 4. The minimum Gasteiger partial charge on any atom is -0.481 e. The van der Waals surface area contributed by atoms with Crippen molar-refractivity contribution in [3.05, 3.63) is 34.4 Å². The molecule has 4 rings (SSSR count). The second kappa shape index (κ2) is 7.24. The van der Waals surface area contributed by atoms with Crippen LogP contribution in [-0.4, -0.2) is 54.7 Å². The average molecular weight is 397 g/mol. The number of carbonyl (C=O) groups is 2. The molecule has 1 aliphatic carbocycles. The number of carboxylic acid groups (broad SMARTS) is 1. The van der Waals surface area contributed by atoms with Gasteiger partial charge in [0, 0.05) is 35.7 Å². The Morgan fingerprint density at radius 2 is 1.76 bits per heavy atom. The standard InChI is InChI=1S/C21H27N5O3/c1-11-7-12(2)23-21(22-11)26-14(4)16(13(3)24-26)8-19(27)25-9-17(15-5-6-15)18(10-25)20(28)29/h7,15,17-18H,5-6,8-10H2,1-4H3,(H,28,29)/t17-,18+/m1/s1. The Balaban J connectivity index is 1.54. The lowest BCUT2D eigenvalue weighted by atomic mass is 9.92. The molecule has 0 bridgehead atoms. The number of aryl methyl sites for hydroxylation is 3. The Bertz CT molecular complexity index is 959. The predicted molar refractivity (Wildman–Crippen MR) is 106 cm³/mol. The normalized spacial score (nSPS) is 21.6. The predicted octanol–water partition coefficient (Wildman–Crippen LogP) is 2.01. The first-order chi connectivity index (χ1) is 13.7. The van der Waals surface area contributed by atoms with Gasteiger partial charge >= 0.3 is 5.97 Å². The second-order valence-corrected chi connectivity index (χ2v) is 8.43. The van der Waals surface area contributed by atoms with Crippen LogP contribution in [0.2, 0.25) is 0 Å². The summed E-state index contributed by atoms with van der Waals surface area (Å²) in [5, 5.41) is 14.1. The van der Waals surface area contributed by atoms with Crippen molar-refractivity contribution in [3.63, 3.8) is 0 Å². The van der Waals surface area contributed by atoms with Gasteiger partial charge in [-0.2, -0.15) is 5.10 Å². The molecule has 1 saturated heterocycles. The van der Waals surface area contributed by atoms with Crippen molar-refractivity contribution in [1.29, 1.82) is 0 Å². The highest BCUT2D eigenvalue weighted by molar-refractivity contribution is 5.81. The molecule has 1 N–H and O–H groups in total. The van der Waals surface area contributed by atoms with E-state index < -0.39 is 11.9 Å². The highest BCUT2D eigenvalue weighted by atomic mass is 16.4. The van der Waals surface area contributed by atoms with Gasteiger partial charge in [0.05, 0.1) is 18.0 Å². The molecule has 2 aliphatic rings. The van der Waals surface area contributed by atoms with Gasteiger partial charge in [-0.1, -0.05) is 0 Å². The number of likely N-dealkylation sites (tertiary alicyclic amines) is 1. The van der Waals surface area contributed by atoms with Gasteiger partial charge in [-0.05, 0) is 58.4 Å². The molecule has 3 heterocycles. The molecule has 1 aliphatic heterocycles. The van der Waals surface area contributed by atoms with Crippen molar-refractivity contribution in [2.75, 3.05) is 13.1 Å². The molecule has 1 saturated carbocycles. The van der Waals surface area contributed by atoms with Crippen LogP contribution in [0.1, 0.15) is 41.2 Å². The smallest absolute Gasteiger partial charge is 0.308 e. The molecule has 8 heteroatoms. The van der Waals surface area contributed by atoms with Crippen LogP contribution in [0.25, 0.3) is 5.95 Å². The zero-order valence-electron chi connectivity index (χ0n) is 17.3. The van der Waals surface area contributed by atoms with Crippen LogP contribution in [0.4, 0.5) is 0 Å².